The largest absolute Gasteiger partial charge is 0.486 e. The summed E-state index contributed by atoms with van der Waals surface area (Å²) in [5.74, 6) is 0.569. The second-order valence-electron chi connectivity index (χ2n) is 5.23. The first-order valence-corrected chi connectivity index (χ1v) is 7.43. The van der Waals surface area contributed by atoms with Crippen LogP contribution in [0.2, 0.25) is 0 Å². The Morgan fingerprint density at radius 1 is 1.00 bits per heavy atom. The van der Waals surface area contributed by atoms with Crippen molar-refractivity contribution >= 4 is 5.78 Å². The van der Waals surface area contributed by atoms with Gasteiger partial charge in [-0.3, -0.25) is 4.79 Å². The Kier molecular flexibility index (Phi) is 6.13. The van der Waals surface area contributed by atoms with Crippen LogP contribution in [-0.4, -0.2) is 18.4 Å². The monoisotopic (exact) mass is 298 g/mol. The van der Waals surface area contributed by atoms with Gasteiger partial charge < -0.3 is 16.2 Å². The fourth-order valence-corrected chi connectivity index (χ4v) is 2.11. The third-order valence-electron chi connectivity index (χ3n) is 3.54. The van der Waals surface area contributed by atoms with E-state index in [-0.39, 0.29) is 12.4 Å². The number of Topliss-reactive ketones (excluding diaryl/α,β-unsaturated/α-hetero) is 1. The molecule has 0 spiro atoms. The molecule has 0 aromatic heterocycles. The molecule has 2 aromatic carbocycles. The van der Waals surface area contributed by atoms with Crippen LogP contribution in [-0.2, 0) is 17.8 Å². The van der Waals surface area contributed by atoms with Gasteiger partial charge in [-0.2, -0.15) is 0 Å². The van der Waals surface area contributed by atoms with Gasteiger partial charge in [0.2, 0.25) is 0 Å². The lowest BCUT2D eigenvalue weighted by Gasteiger charge is -2.12. The maximum absolute atomic E-state index is 12.0. The summed E-state index contributed by atoms with van der Waals surface area (Å²) in [7, 11) is 0. The lowest BCUT2D eigenvalue weighted by Crippen LogP contribution is -2.34. The molecule has 0 saturated heterocycles. The molecular formula is C18H22N2O2. The van der Waals surface area contributed by atoms with Gasteiger partial charge in [-0.05, 0) is 36.1 Å². The SMILES string of the molecule is NCc1ccc(OCC(=O)[C@H](N)CCc2ccccc2)cc1. The van der Waals surface area contributed by atoms with E-state index in [0.29, 0.717) is 18.7 Å². The number of carbonyl (C=O) groups is 1. The first kappa shape index (κ1) is 16.2. The highest BCUT2D eigenvalue weighted by Crippen LogP contribution is 2.12. The van der Waals surface area contributed by atoms with Crippen LogP contribution in [0.1, 0.15) is 17.5 Å². The third kappa shape index (κ3) is 4.98. The van der Waals surface area contributed by atoms with Crippen LogP contribution >= 0.6 is 0 Å². The first-order chi connectivity index (χ1) is 10.7. The number of aryl methyl sites for hydroxylation is 1. The number of ether oxygens (including phenoxy) is 1. The summed E-state index contributed by atoms with van der Waals surface area (Å²) in [6.45, 7) is 0.488. The lowest BCUT2D eigenvalue weighted by atomic mass is 10.0. The number of hydrogen-bond donors (Lipinski definition) is 2. The van der Waals surface area contributed by atoms with Crippen molar-refractivity contribution < 1.29 is 9.53 Å². The zero-order valence-electron chi connectivity index (χ0n) is 12.6. The molecule has 0 amide bonds. The number of hydrogen-bond acceptors (Lipinski definition) is 4. The van der Waals surface area contributed by atoms with E-state index in [1.54, 1.807) is 0 Å². The molecule has 0 bridgehead atoms. The molecule has 4 nitrogen and oxygen atoms in total. The van der Waals surface area contributed by atoms with Gasteiger partial charge in [0.25, 0.3) is 0 Å². The molecular weight excluding hydrogens is 276 g/mol. The third-order valence-corrected chi connectivity index (χ3v) is 3.54. The van der Waals surface area contributed by atoms with Crippen LogP contribution in [0.3, 0.4) is 0 Å². The maximum Gasteiger partial charge on any atom is 0.186 e. The Balaban J connectivity index is 1.76. The van der Waals surface area contributed by atoms with Crippen LogP contribution in [0.15, 0.2) is 54.6 Å². The number of nitrogens with two attached hydrogens (primary N) is 2. The van der Waals surface area contributed by atoms with Crippen molar-refractivity contribution in [2.75, 3.05) is 6.61 Å². The fourth-order valence-electron chi connectivity index (χ4n) is 2.11. The molecule has 4 N–H and O–H groups in total. The number of carbonyl (C=O) groups excluding carboxylic acids is 1. The highest BCUT2D eigenvalue weighted by Gasteiger charge is 2.14. The standard InChI is InChI=1S/C18H22N2O2/c19-12-15-6-9-16(10-7-15)22-13-18(21)17(20)11-8-14-4-2-1-3-5-14/h1-7,9-10,17H,8,11-13,19-20H2/t17-/m1/s1. The Morgan fingerprint density at radius 2 is 1.68 bits per heavy atom. The van der Waals surface area contributed by atoms with Gasteiger partial charge in [0, 0.05) is 6.54 Å². The average molecular weight is 298 g/mol. The highest BCUT2D eigenvalue weighted by molar-refractivity contribution is 5.85. The molecule has 0 fully saturated rings. The Morgan fingerprint density at radius 3 is 2.32 bits per heavy atom. The molecule has 1 atom stereocenters. The Bertz CT molecular complexity index is 582. The minimum atomic E-state index is -0.497. The summed E-state index contributed by atoms with van der Waals surface area (Å²) in [6, 6.07) is 16.9. The van der Waals surface area contributed by atoms with Crippen LogP contribution in [0.25, 0.3) is 0 Å². The number of benzene rings is 2. The molecule has 0 heterocycles. The quantitative estimate of drug-likeness (QED) is 0.782. The van der Waals surface area contributed by atoms with Crippen LogP contribution in [0, 0.1) is 0 Å². The normalized spacial score (nSPS) is 11.9. The van der Waals surface area contributed by atoms with Gasteiger partial charge in [0.05, 0.1) is 6.04 Å². The number of ketones is 1. The fraction of sp³-hybridized carbons (Fsp3) is 0.278. The van der Waals surface area contributed by atoms with Gasteiger partial charge in [-0.1, -0.05) is 42.5 Å². The molecule has 0 aliphatic rings. The summed E-state index contributed by atoms with van der Waals surface area (Å²) < 4.78 is 5.47. The molecule has 116 valence electrons. The van der Waals surface area contributed by atoms with E-state index in [1.165, 1.54) is 5.56 Å². The van der Waals surface area contributed by atoms with Gasteiger partial charge in [0.1, 0.15) is 12.4 Å². The smallest absolute Gasteiger partial charge is 0.186 e. The zero-order chi connectivity index (χ0) is 15.8. The van der Waals surface area contributed by atoms with Crippen molar-refractivity contribution in [3.05, 3.63) is 65.7 Å². The molecule has 2 aromatic rings. The van der Waals surface area contributed by atoms with Crippen LogP contribution in [0.4, 0.5) is 0 Å². The van der Waals surface area contributed by atoms with Gasteiger partial charge in [-0.25, -0.2) is 0 Å². The molecule has 2 rings (SSSR count). The van der Waals surface area contributed by atoms with E-state index in [2.05, 4.69) is 0 Å². The Labute approximate surface area is 131 Å². The van der Waals surface area contributed by atoms with Crippen molar-refractivity contribution in [2.24, 2.45) is 11.5 Å². The number of rotatable bonds is 8. The van der Waals surface area contributed by atoms with E-state index >= 15 is 0 Å². The van der Waals surface area contributed by atoms with Gasteiger partial charge in [-0.15, -0.1) is 0 Å². The molecule has 22 heavy (non-hydrogen) atoms. The highest BCUT2D eigenvalue weighted by atomic mass is 16.5. The second kappa shape index (κ2) is 8.32. The van der Waals surface area contributed by atoms with Gasteiger partial charge in [0.15, 0.2) is 5.78 Å². The van der Waals surface area contributed by atoms with Gasteiger partial charge >= 0.3 is 0 Å². The van der Waals surface area contributed by atoms with Crippen molar-refractivity contribution in [3.8, 4) is 5.75 Å². The molecule has 0 unspecified atom stereocenters. The van der Waals surface area contributed by atoms with Crippen molar-refractivity contribution in [3.63, 3.8) is 0 Å². The summed E-state index contributed by atoms with van der Waals surface area (Å²) in [4.78, 5) is 12.0. The van der Waals surface area contributed by atoms with E-state index in [9.17, 15) is 4.79 Å². The van der Waals surface area contributed by atoms with Crippen LogP contribution < -0.4 is 16.2 Å². The summed E-state index contributed by atoms with van der Waals surface area (Å²) in [6.07, 6.45) is 1.41. The van der Waals surface area contributed by atoms with Crippen molar-refractivity contribution in [1.82, 2.24) is 0 Å². The predicted octanol–water partition coefficient (Wildman–Crippen LogP) is 2.05. The topological polar surface area (TPSA) is 78.3 Å². The van der Waals surface area contributed by atoms with Crippen molar-refractivity contribution in [1.29, 1.82) is 0 Å². The second-order valence-corrected chi connectivity index (χ2v) is 5.23. The first-order valence-electron chi connectivity index (χ1n) is 7.43. The zero-order valence-corrected chi connectivity index (χ0v) is 12.6. The minimum absolute atomic E-state index is 0.00206. The summed E-state index contributed by atoms with van der Waals surface area (Å²) in [5, 5.41) is 0. The maximum atomic E-state index is 12.0. The summed E-state index contributed by atoms with van der Waals surface area (Å²) >= 11 is 0. The molecule has 0 aliphatic heterocycles. The molecule has 0 saturated carbocycles. The summed E-state index contributed by atoms with van der Waals surface area (Å²) in [5.41, 5.74) is 13.7. The minimum Gasteiger partial charge on any atom is -0.486 e. The lowest BCUT2D eigenvalue weighted by molar-refractivity contribution is -0.122. The van der Waals surface area contributed by atoms with E-state index in [4.69, 9.17) is 16.2 Å². The van der Waals surface area contributed by atoms with E-state index in [0.717, 1.165) is 12.0 Å². The van der Waals surface area contributed by atoms with Crippen molar-refractivity contribution in [2.45, 2.75) is 25.4 Å². The predicted molar refractivity (Wildman–Crippen MR) is 87.6 cm³/mol. The molecule has 0 aliphatic carbocycles. The Hall–Kier alpha value is -2.17. The van der Waals surface area contributed by atoms with E-state index in [1.807, 2.05) is 54.6 Å². The van der Waals surface area contributed by atoms with Crippen LogP contribution in [0.5, 0.6) is 5.75 Å². The molecule has 4 heteroatoms. The molecule has 0 radical (unpaired) electrons. The van der Waals surface area contributed by atoms with E-state index < -0.39 is 6.04 Å². The average Bonchev–Trinajstić information content (AvgIpc) is 2.58.